The molecule has 0 amide bonds. The molecule has 4 heteroatoms. The van der Waals surface area contributed by atoms with Crippen LogP contribution in [0.3, 0.4) is 0 Å². The van der Waals surface area contributed by atoms with Crippen LogP contribution in [0, 0.1) is 11.6 Å². The predicted octanol–water partition coefficient (Wildman–Crippen LogP) is 5.30. The van der Waals surface area contributed by atoms with Crippen LogP contribution in [0.2, 0.25) is 5.02 Å². The van der Waals surface area contributed by atoms with Gasteiger partial charge >= 0.3 is 0 Å². The lowest BCUT2D eigenvalue weighted by Gasteiger charge is -2.11. The molecular weight excluding hydrogens is 322 g/mol. The maximum absolute atomic E-state index is 13.5. The molecule has 0 N–H and O–H groups in total. The normalized spacial score (nSPS) is 12.4. The molecule has 0 bridgehead atoms. The van der Waals surface area contributed by atoms with Gasteiger partial charge in [-0.05, 0) is 35.7 Å². The largest absolute Gasteiger partial charge is 0.207 e. The smallest absolute Gasteiger partial charge is 0.142 e. The summed E-state index contributed by atoms with van der Waals surface area (Å²) in [7, 11) is 0. The summed E-state index contributed by atoms with van der Waals surface area (Å²) >= 11 is 9.06. The van der Waals surface area contributed by atoms with Crippen LogP contribution in [0.15, 0.2) is 42.5 Å². The molecule has 2 rings (SSSR count). The minimum Gasteiger partial charge on any atom is -0.207 e. The third kappa shape index (κ3) is 3.09. The van der Waals surface area contributed by atoms with Crippen LogP contribution in [0.25, 0.3) is 0 Å². The van der Waals surface area contributed by atoms with Gasteiger partial charge in [0.1, 0.15) is 11.6 Å². The fraction of sp³-hybridized carbons (Fsp3) is 0.143. The highest BCUT2D eigenvalue weighted by atomic mass is 79.9. The van der Waals surface area contributed by atoms with E-state index in [0.29, 0.717) is 12.0 Å². The van der Waals surface area contributed by atoms with E-state index >= 15 is 0 Å². The van der Waals surface area contributed by atoms with Crippen LogP contribution in [0.5, 0.6) is 0 Å². The van der Waals surface area contributed by atoms with Gasteiger partial charge in [-0.2, -0.15) is 0 Å². The fourth-order valence-corrected chi connectivity index (χ4v) is 2.43. The molecule has 0 radical (unpaired) electrons. The van der Waals surface area contributed by atoms with Crippen LogP contribution in [0.4, 0.5) is 8.78 Å². The van der Waals surface area contributed by atoms with Crippen molar-refractivity contribution in [2.45, 2.75) is 11.2 Å². The van der Waals surface area contributed by atoms with Gasteiger partial charge in [-0.1, -0.05) is 51.8 Å². The van der Waals surface area contributed by atoms with Crippen LogP contribution in [-0.4, -0.2) is 0 Å². The Hall–Kier alpha value is -0.930. The molecule has 0 nitrogen and oxygen atoms in total. The number of alkyl halides is 1. The zero-order valence-electron chi connectivity index (χ0n) is 9.34. The SMILES string of the molecule is Fc1cc(C(Br)Cc2ccccc2F)ccc1Cl. The topological polar surface area (TPSA) is 0 Å². The van der Waals surface area contributed by atoms with Crippen molar-refractivity contribution in [3.8, 4) is 0 Å². The third-order valence-corrected chi connectivity index (χ3v) is 3.82. The average Bonchev–Trinajstić information content (AvgIpc) is 2.35. The molecule has 0 heterocycles. The third-order valence-electron chi connectivity index (χ3n) is 2.66. The van der Waals surface area contributed by atoms with Gasteiger partial charge in [0.25, 0.3) is 0 Å². The second-order valence-corrected chi connectivity index (χ2v) is 5.45. The molecule has 2 aromatic carbocycles. The Morgan fingerprint density at radius 2 is 1.78 bits per heavy atom. The van der Waals surface area contributed by atoms with Crippen molar-refractivity contribution in [2.24, 2.45) is 0 Å². The molecule has 0 saturated carbocycles. The molecule has 0 aliphatic heterocycles. The maximum Gasteiger partial charge on any atom is 0.142 e. The van der Waals surface area contributed by atoms with Crippen LogP contribution in [0.1, 0.15) is 16.0 Å². The van der Waals surface area contributed by atoms with Crippen molar-refractivity contribution >= 4 is 27.5 Å². The van der Waals surface area contributed by atoms with E-state index < -0.39 is 5.82 Å². The maximum atomic E-state index is 13.5. The van der Waals surface area contributed by atoms with E-state index in [1.165, 1.54) is 18.2 Å². The molecule has 18 heavy (non-hydrogen) atoms. The van der Waals surface area contributed by atoms with E-state index in [9.17, 15) is 8.78 Å². The Labute approximate surface area is 118 Å². The molecule has 0 saturated heterocycles. The molecule has 0 spiro atoms. The molecular formula is C14H10BrClF2. The Morgan fingerprint density at radius 1 is 1.06 bits per heavy atom. The van der Waals surface area contributed by atoms with E-state index in [2.05, 4.69) is 15.9 Å². The van der Waals surface area contributed by atoms with Crippen molar-refractivity contribution in [2.75, 3.05) is 0 Å². The molecule has 0 fully saturated rings. The Morgan fingerprint density at radius 3 is 2.44 bits per heavy atom. The van der Waals surface area contributed by atoms with Gasteiger partial charge in [-0.15, -0.1) is 0 Å². The van der Waals surface area contributed by atoms with Crippen molar-refractivity contribution in [1.29, 1.82) is 0 Å². The van der Waals surface area contributed by atoms with Gasteiger partial charge in [0.2, 0.25) is 0 Å². The van der Waals surface area contributed by atoms with Gasteiger partial charge in [0.15, 0.2) is 0 Å². The molecule has 0 aromatic heterocycles. The fourth-order valence-electron chi connectivity index (χ4n) is 1.68. The Kier molecular flexibility index (Phi) is 4.36. The molecule has 1 unspecified atom stereocenters. The van der Waals surface area contributed by atoms with E-state index in [-0.39, 0.29) is 15.7 Å². The summed E-state index contributed by atoms with van der Waals surface area (Å²) in [6.07, 6.45) is 0.452. The first-order chi connectivity index (χ1) is 8.58. The highest BCUT2D eigenvalue weighted by molar-refractivity contribution is 9.09. The minimum atomic E-state index is -0.466. The quantitative estimate of drug-likeness (QED) is 0.670. The van der Waals surface area contributed by atoms with Crippen LogP contribution >= 0.6 is 27.5 Å². The first-order valence-electron chi connectivity index (χ1n) is 5.40. The second kappa shape index (κ2) is 5.81. The zero-order valence-corrected chi connectivity index (χ0v) is 11.7. The van der Waals surface area contributed by atoms with E-state index in [4.69, 9.17) is 11.6 Å². The summed E-state index contributed by atoms with van der Waals surface area (Å²) in [6.45, 7) is 0. The highest BCUT2D eigenvalue weighted by Gasteiger charge is 2.12. The van der Waals surface area contributed by atoms with Gasteiger partial charge < -0.3 is 0 Å². The van der Waals surface area contributed by atoms with Gasteiger partial charge in [-0.25, -0.2) is 8.78 Å². The van der Waals surface area contributed by atoms with Gasteiger partial charge in [0, 0.05) is 4.83 Å². The predicted molar refractivity (Wildman–Crippen MR) is 73.2 cm³/mol. The molecule has 0 aliphatic carbocycles. The summed E-state index contributed by atoms with van der Waals surface area (Å²) in [5.74, 6) is -0.719. The number of rotatable bonds is 3. The van der Waals surface area contributed by atoms with Gasteiger partial charge in [0.05, 0.1) is 5.02 Å². The zero-order chi connectivity index (χ0) is 13.1. The molecule has 94 valence electrons. The number of halogens is 4. The second-order valence-electron chi connectivity index (χ2n) is 3.94. The van der Waals surface area contributed by atoms with Crippen LogP contribution in [-0.2, 0) is 6.42 Å². The number of hydrogen-bond donors (Lipinski definition) is 0. The number of hydrogen-bond acceptors (Lipinski definition) is 0. The van der Waals surface area contributed by atoms with Gasteiger partial charge in [-0.3, -0.25) is 0 Å². The highest BCUT2D eigenvalue weighted by Crippen LogP contribution is 2.30. The molecule has 1 atom stereocenters. The summed E-state index contributed by atoms with van der Waals surface area (Å²) in [5, 5.41) is 0.0874. The summed E-state index contributed by atoms with van der Waals surface area (Å²) in [4.78, 5) is -0.152. The van der Waals surface area contributed by atoms with E-state index in [1.807, 2.05) is 0 Å². The first-order valence-corrected chi connectivity index (χ1v) is 6.69. The lowest BCUT2D eigenvalue weighted by molar-refractivity contribution is 0.607. The Balaban J connectivity index is 2.19. The lowest BCUT2D eigenvalue weighted by Crippen LogP contribution is -1.98. The van der Waals surface area contributed by atoms with Crippen molar-refractivity contribution < 1.29 is 8.78 Å². The molecule has 0 aliphatic rings. The Bertz CT molecular complexity index is 557. The minimum absolute atomic E-state index is 0.0874. The summed E-state index contributed by atoms with van der Waals surface area (Å²) in [6, 6.07) is 11.1. The van der Waals surface area contributed by atoms with E-state index in [1.54, 1.807) is 24.3 Å². The molecule has 2 aromatic rings. The number of benzene rings is 2. The first kappa shape index (κ1) is 13.5. The summed E-state index contributed by atoms with van der Waals surface area (Å²) in [5.41, 5.74) is 1.33. The standard InChI is InChI=1S/C14H10BrClF2/c15-11(7-10-3-1-2-4-13(10)17)9-5-6-12(16)14(18)8-9/h1-6,8,11H,7H2. The summed E-state index contributed by atoms with van der Waals surface area (Å²) < 4.78 is 26.8. The average molecular weight is 332 g/mol. The van der Waals surface area contributed by atoms with Crippen LogP contribution < -0.4 is 0 Å². The monoisotopic (exact) mass is 330 g/mol. The lowest BCUT2D eigenvalue weighted by atomic mass is 10.0. The van der Waals surface area contributed by atoms with Crippen molar-refractivity contribution in [1.82, 2.24) is 0 Å². The van der Waals surface area contributed by atoms with Crippen molar-refractivity contribution in [3.05, 3.63) is 70.2 Å². The van der Waals surface area contributed by atoms with Crippen molar-refractivity contribution in [3.63, 3.8) is 0 Å². The van der Waals surface area contributed by atoms with E-state index in [0.717, 1.165) is 5.56 Å².